The normalized spacial score (nSPS) is 31.4. The summed E-state index contributed by atoms with van der Waals surface area (Å²) in [4.78, 5) is 12.4. The first-order valence-corrected chi connectivity index (χ1v) is 6.66. The van der Waals surface area contributed by atoms with Crippen molar-refractivity contribution in [2.75, 3.05) is 6.54 Å². The number of carbonyl (C=O) groups is 1. The summed E-state index contributed by atoms with van der Waals surface area (Å²) in [5, 5.41) is 3.30. The summed E-state index contributed by atoms with van der Waals surface area (Å²) < 4.78 is 0. The highest BCUT2D eigenvalue weighted by molar-refractivity contribution is 5.89. The predicted octanol–water partition coefficient (Wildman–Crippen LogP) is 3.02. The summed E-state index contributed by atoms with van der Waals surface area (Å²) in [6.45, 7) is 11.5. The molecule has 94 valence electrons. The van der Waals surface area contributed by atoms with Crippen LogP contribution in [0.3, 0.4) is 0 Å². The fraction of sp³-hybridized carbons (Fsp3) is 0.929. The van der Waals surface area contributed by atoms with Crippen LogP contribution in [-0.2, 0) is 4.79 Å². The van der Waals surface area contributed by atoms with E-state index in [1.165, 1.54) is 6.42 Å². The third kappa shape index (κ3) is 3.31. The van der Waals surface area contributed by atoms with Gasteiger partial charge in [0.2, 0.25) is 0 Å². The van der Waals surface area contributed by atoms with Crippen molar-refractivity contribution in [3.05, 3.63) is 0 Å². The van der Waals surface area contributed by atoms with Crippen molar-refractivity contribution < 1.29 is 4.79 Å². The summed E-state index contributed by atoms with van der Waals surface area (Å²) >= 11 is 0. The Morgan fingerprint density at radius 2 is 1.69 bits per heavy atom. The van der Waals surface area contributed by atoms with Crippen LogP contribution in [0.4, 0.5) is 0 Å². The van der Waals surface area contributed by atoms with Crippen molar-refractivity contribution in [1.29, 1.82) is 0 Å². The quantitative estimate of drug-likeness (QED) is 0.797. The Labute approximate surface area is 100 Å². The largest absolute Gasteiger partial charge is 0.306 e. The second kappa shape index (κ2) is 5.31. The molecule has 0 radical (unpaired) electrons. The lowest BCUT2D eigenvalue weighted by molar-refractivity contribution is -0.130. The van der Waals surface area contributed by atoms with E-state index in [0.29, 0.717) is 17.6 Å². The van der Waals surface area contributed by atoms with Crippen LogP contribution in [0.15, 0.2) is 0 Å². The van der Waals surface area contributed by atoms with Gasteiger partial charge in [-0.25, -0.2) is 0 Å². The van der Waals surface area contributed by atoms with E-state index in [2.05, 4.69) is 26.1 Å². The van der Waals surface area contributed by atoms with E-state index in [1.54, 1.807) is 0 Å². The molecule has 1 N–H and O–H groups in total. The van der Waals surface area contributed by atoms with Gasteiger partial charge in [-0.2, -0.15) is 0 Å². The van der Waals surface area contributed by atoms with E-state index in [4.69, 9.17) is 0 Å². The maximum Gasteiger partial charge on any atom is 0.155 e. The monoisotopic (exact) mass is 225 g/mol. The zero-order chi connectivity index (χ0) is 12.3. The molecule has 16 heavy (non-hydrogen) atoms. The highest BCUT2D eigenvalue weighted by Gasteiger charge is 2.36. The molecule has 2 nitrogen and oxygen atoms in total. The van der Waals surface area contributed by atoms with Crippen LogP contribution in [0, 0.1) is 17.8 Å². The van der Waals surface area contributed by atoms with Crippen LogP contribution < -0.4 is 5.32 Å². The second-order valence-corrected chi connectivity index (χ2v) is 6.13. The second-order valence-electron chi connectivity index (χ2n) is 6.13. The molecule has 1 saturated carbocycles. The number of hydrogen-bond donors (Lipinski definition) is 1. The lowest BCUT2D eigenvalue weighted by Gasteiger charge is -2.35. The summed E-state index contributed by atoms with van der Waals surface area (Å²) in [5.41, 5.74) is -0.351. The topological polar surface area (TPSA) is 29.1 Å². The SMILES string of the molecule is CCNC(C)(C)C(=O)C1CC(C)CC(C)C1. The average molecular weight is 225 g/mol. The zero-order valence-electron chi connectivity index (χ0n) is 11.5. The number of rotatable bonds is 4. The molecule has 0 heterocycles. The molecular formula is C14H27NO. The first kappa shape index (κ1) is 13.7. The van der Waals surface area contributed by atoms with Crippen LogP contribution in [0.1, 0.15) is 53.9 Å². The molecule has 0 saturated heterocycles. The summed E-state index contributed by atoms with van der Waals surface area (Å²) in [7, 11) is 0. The van der Waals surface area contributed by atoms with Crippen molar-refractivity contribution in [2.24, 2.45) is 17.8 Å². The number of ketones is 1. The summed E-state index contributed by atoms with van der Waals surface area (Å²) in [6, 6.07) is 0. The summed E-state index contributed by atoms with van der Waals surface area (Å²) in [5.74, 6) is 2.09. The molecular weight excluding hydrogens is 198 g/mol. The Balaban J connectivity index is 2.65. The predicted molar refractivity (Wildman–Crippen MR) is 68.4 cm³/mol. The van der Waals surface area contributed by atoms with E-state index in [9.17, 15) is 4.79 Å². The minimum Gasteiger partial charge on any atom is -0.306 e. The molecule has 0 aromatic heterocycles. The zero-order valence-corrected chi connectivity index (χ0v) is 11.5. The smallest absolute Gasteiger partial charge is 0.155 e. The molecule has 1 fully saturated rings. The standard InChI is InChI=1S/C14H27NO/c1-6-15-14(4,5)13(16)12-8-10(2)7-11(3)9-12/h10-12,15H,6-9H2,1-5H3. The van der Waals surface area contributed by atoms with Gasteiger partial charge in [0.05, 0.1) is 5.54 Å². The molecule has 0 spiro atoms. The molecule has 0 aromatic rings. The van der Waals surface area contributed by atoms with Crippen LogP contribution >= 0.6 is 0 Å². The summed E-state index contributed by atoms with van der Waals surface area (Å²) in [6.07, 6.45) is 3.45. The molecule has 0 aromatic carbocycles. The van der Waals surface area contributed by atoms with Crippen molar-refractivity contribution in [3.63, 3.8) is 0 Å². The third-order valence-corrected chi connectivity index (χ3v) is 3.78. The fourth-order valence-electron chi connectivity index (χ4n) is 3.20. The van der Waals surface area contributed by atoms with E-state index < -0.39 is 0 Å². The third-order valence-electron chi connectivity index (χ3n) is 3.78. The molecule has 1 aliphatic rings. The molecule has 1 aliphatic carbocycles. The van der Waals surface area contributed by atoms with E-state index >= 15 is 0 Å². The molecule has 2 unspecified atom stereocenters. The van der Waals surface area contributed by atoms with Crippen LogP contribution in [-0.4, -0.2) is 17.9 Å². The molecule has 0 amide bonds. The van der Waals surface area contributed by atoms with Gasteiger partial charge in [0.25, 0.3) is 0 Å². The Hall–Kier alpha value is -0.370. The van der Waals surface area contributed by atoms with Gasteiger partial charge >= 0.3 is 0 Å². The molecule has 0 aliphatic heterocycles. The van der Waals surface area contributed by atoms with E-state index in [1.807, 2.05) is 13.8 Å². The number of carbonyl (C=O) groups excluding carboxylic acids is 1. The number of likely N-dealkylation sites (N-methyl/N-ethyl adjacent to an activating group) is 1. The van der Waals surface area contributed by atoms with Gasteiger partial charge in [0.15, 0.2) is 5.78 Å². The van der Waals surface area contributed by atoms with Crippen molar-refractivity contribution in [3.8, 4) is 0 Å². The van der Waals surface area contributed by atoms with E-state index in [-0.39, 0.29) is 11.5 Å². The molecule has 2 heteroatoms. The molecule has 2 atom stereocenters. The lowest BCUT2D eigenvalue weighted by Crippen LogP contribution is -2.50. The minimum absolute atomic E-state index is 0.271. The first-order valence-electron chi connectivity index (χ1n) is 6.66. The van der Waals surface area contributed by atoms with Crippen molar-refractivity contribution in [1.82, 2.24) is 5.32 Å². The lowest BCUT2D eigenvalue weighted by atomic mass is 9.72. The van der Waals surface area contributed by atoms with Gasteiger partial charge in [-0.1, -0.05) is 20.8 Å². The average Bonchev–Trinajstić information content (AvgIpc) is 2.14. The number of nitrogens with one attached hydrogen (secondary N) is 1. The van der Waals surface area contributed by atoms with Gasteiger partial charge in [-0.05, 0) is 51.5 Å². The Bertz CT molecular complexity index is 237. The van der Waals surface area contributed by atoms with Crippen molar-refractivity contribution in [2.45, 2.75) is 59.4 Å². The van der Waals surface area contributed by atoms with Crippen LogP contribution in [0.2, 0.25) is 0 Å². The maximum absolute atomic E-state index is 12.4. The van der Waals surface area contributed by atoms with Gasteiger partial charge in [-0.15, -0.1) is 0 Å². The Morgan fingerprint density at radius 3 is 2.12 bits per heavy atom. The number of hydrogen-bond acceptors (Lipinski definition) is 2. The molecule has 1 rings (SSSR count). The fourth-order valence-corrected chi connectivity index (χ4v) is 3.20. The van der Waals surface area contributed by atoms with Crippen LogP contribution in [0.25, 0.3) is 0 Å². The molecule has 0 bridgehead atoms. The maximum atomic E-state index is 12.4. The van der Waals surface area contributed by atoms with E-state index in [0.717, 1.165) is 19.4 Å². The minimum atomic E-state index is -0.351. The van der Waals surface area contributed by atoms with Gasteiger partial charge in [0.1, 0.15) is 0 Å². The van der Waals surface area contributed by atoms with Crippen molar-refractivity contribution >= 4 is 5.78 Å². The van der Waals surface area contributed by atoms with Gasteiger partial charge in [0, 0.05) is 5.92 Å². The van der Waals surface area contributed by atoms with Gasteiger partial charge < -0.3 is 5.32 Å². The Morgan fingerprint density at radius 1 is 1.19 bits per heavy atom. The number of Topliss-reactive ketones (excluding diaryl/α,β-unsaturated/α-hetero) is 1. The first-order chi connectivity index (χ1) is 7.36. The van der Waals surface area contributed by atoms with Crippen LogP contribution in [0.5, 0.6) is 0 Å². The Kier molecular flexibility index (Phi) is 4.54. The highest BCUT2D eigenvalue weighted by Crippen LogP contribution is 2.35. The highest BCUT2D eigenvalue weighted by atomic mass is 16.1. The van der Waals surface area contributed by atoms with Gasteiger partial charge in [-0.3, -0.25) is 4.79 Å².